The van der Waals surface area contributed by atoms with Gasteiger partial charge in [0.1, 0.15) is 17.1 Å². The van der Waals surface area contributed by atoms with Crippen molar-refractivity contribution in [1.29, 1.82) is 0 Å². The number of esters is 1. The second-order valence-electron chi connectivity index (χ2n) is 8.22. The van der Waals surface area contributed by atoms with E-state index in [0.29, 0.717) is 11.1 Å². The minimum Gasteiger partial charge on any atom is -0.449 e. The summed E-state index contributed by atoms with van der Waals surface area (Å²) in [7, 11) is 0. The molecule has 0 bridgehead atoms. The number of fused-ring (bicyclic) bond motifs is 1. The summed E-state index contributed by atoms with van der Waals surface area (Å²) >= 11 is 0. The number of carbonyl (C=O) groups excluding carboxylic acids is 1. The van der Waals surface area contributed by atoms with Crippen molar-refractivity contribution in [1.82, 2.24) is 0 Å². The van der Waals surface area contributed by atoms with Gasteiger partial charge >= 0.3 is 12.1 Å². The number of rotatable bonds is 6. The average Bonchev–Trinajstić information content (AvgIpc) is 2.86. The molecular formula is C27H18F3NO7. The number of alkyl halides is 3. The van der Waals surface area contributed by atoms with E-state index in [-0.39, 0.29) is 22.6 Å². The van der Waals surface area contributed by atoms with Crippen molar-refractivity contribution >= 4 is 28.7 Å². The molecule has 38 heavy (non-hydrogen) atoms. The molecular weight excluding hydrogens is 507 g/mol. The maximum Gasteiger partial charge on any atom is 0.453 e. The van der Waals surface area contributed by atoms with Gasteiger partial charge in [0.2, 0.25) is 11.2 Å². The average molecular weight is 525 g/mol. The molecule has 8 nitrogen and oxygen atoms in total. The first-order chi connectivity index (χ1) is 17.9. The summed E-state index contributed by atoms with van der Waals surface area (Å²) in [6, 6.07) is 13.7. The third-order valence-corrected chi connectivity index (χ3v) is 5.35. The molecule has 0 spiro atoms. The van der Waals surface area contributed by atoms with E-state index in [4.69, 9.17) is 13.9 Å². The maximum absolute atomic E-state index is 13.8. The fourth-order valence-electron chi connectivity index (χ4n) is 3.48. The second kappa shape index (κ2) is 10.2. The summed E-state index contributed by atoms with van der Waals surface area (Å²) < 4.78 is 57.1. The van der Waals surface area contributed by atoms with E-state index in [0.717, 1.165) is 23.8 Å². The Balaban J connectivity index is 1.66. The third-order valence-electron chi connectivity index (χ3n) is 5.35. The number of nitrogens with zero attached hydrogens (tertiary/aromatic N) is 1. The monoisotopic (exact) mass is 525 g/mol. The Morgan fingerprint density at radius 2 is 1.82 bits per heavy atom. The summed E-state index contributed by atoms with van der Waals surface area (Å²) in [6.45, 7) is 3.35. The van der Waals surface area contributed by atoms with Crippen LogP contribution in [0, 0.1) is 24.0 Å². The van der Waals surface area contributed by atoms with E-state index in [1.807, 2.05) is 0 Å². The Morgan fingerprint density at radius 3 is 2.53 bits per heavy atom. The number of halogens is 3. The van der Waals surface area contributed by atoms with Crippen LogP contribution in [0.15, 0.2) is 76.0 Å². The Kier molecular flexibility index (Phi) is 7.02. The van der Waals surface area contributed by atoms with Gasteiger partial charge in [0.25, 0.3) is 11.4 Å². The van der Waals surface area contributed by atoms with Crippen LogP contribution in [0.2, 0.25) is 0 Å². The van der Waals surface area contributed by atoms with Crippen molar-refractivity contribution < 1.29 is 36.8 Å². The molecule has 0 saturated heterocycles. The molecule has 0 aliphatic rings. The molecule has 0 aliphatic carbocycles. The standard InChI is InChI=1S/C27H18F3NO7/c1-15-6-7-16(2)21(12-15)37-25-24(33)20-10-9-19(14-22(20)38-26(25)27(28,29)30)36-23(32)11-8-17-4-3-5-18(13-17)31(34)35/h3-14H,1-2H3/b11-8+. The highest BCUT2D eigenvalue weighted by Gasteiger charge is 2.40. The predicted octanol–water partition coefficient (Wildman–Crippen LogP) is 6.75. The first-order valence-electron chi connectivity index (χ1n) is 11.0. The fourth-order valence-corrected chi connectivity index (χ4v) is 3.48. The molecule has 3 aromatic carbocycles. The van der Waals surface area contributed by atoms with Crippen LogP contribution in [0.4, 0.5) is 18.9 Å². The SMILES string of the molecule is Cc1ccc(C)c(Oc2c(C(F)(F)F)oc3cc(OC(=O)/C=C/c4cccc([N+](=O)[O-])c4)ccc3c2=O)c1. The third kappa shape index (κ3) is 5.72. The van der Waals surface area contributed by atoms with E-state index in [2.05, 4.69) is 0 Å². The molecule has 0 radical (unpaired) electrons. The smallest absolute Gasteiger partial charge is 0.449 e. The minimum atomic E-state index is -5.06. The largest absolute Gasteiger partial charge is 0.453 e. The summed E-state index contributed by atoms with van der Waals surface area (Å²) in [5, 5.41) is 10.7. The highest BCUT2D eigenvalue weighted by molar-refractivity contribution is 5.89. The molecule has 0 amide bonds. The highest BCUT2D eigenvalue weighted by atomic mass is 19.4. The Bertz CT molecular complexity index is 1660. The van der Waals surface area contributed by atoms with Crippen molar-refractivity contribution in [3.8, 4) is 17.2 Å². The van der Waals surface area contributed by atoms with Gasteiger partial charge in [-0.2, -0.15) is 13.2 Å². The zero-order valence-corrected chi connectivity index (χ0v) is 19.9. The number of nitro benzene ring substituents is 1. The number of benzene rings is 3. The van der Waals surface area contributed by atoms with Crippen LogP contribution in [0.3, 0.4) is 0 Å². The van der Waals surface area contributed by atoms with Gasteiger partial charge in [-0.15, -0.1) is 0 Å². The molecule has 1 aromatic heterocycles. The van der Waals surface area contributed by atoms with Crippen LogP contribution in [0.25, 0.3) is 17.0 Å². The molecule has 0 N–H and O–H groups in total. The molecule has 0 aliphatic heterocycles. The van der Waals surface area contributed by atoms with Crippen LogP contribution in [0.1, 0.15) is 22.5 Å². The van der Waals surface area contributed by atoms with Crippen molar-refractivity contribution in [2.45, 2.75) is 20.0 Å². The lowest BCUT2D eigenvalue weighted by Gasteiger charge is -2.15. The molecule has 4 rings (SSSR count). The van der Waals surface area contributed by atoms with Gasteiger partial charge in [-0.25, -0.2) is 4.79 Å². The predicted molar refractivity (Wildman–Crippen MR) is 131 cm³/mol. The van der Waals surface area contributed by atoms with E-state index in [1.54, 1.807) is 26.0 Å². The van der Waals surface area contributed by atoms with E-state index in [1.165, 1.54) is 42.5 Å². The zero-order chi connectivity index (χ0) is 27.6. The van der Waals surface area contributed by atoms with E-state index in [9.17, 15) is 32.9 Å². The van der Waals surface area contributed by atoms with Crippen LogP contribution in [-0.2, 0) is 11.0 Å². The van der Waals surface area contributed by atoms with Gasteiger partial charge in [-0.1, -0.05) is 24.3 Å². The van der Waals surface area contributed by atoms with Gasteiger partial charge in [-0.05, 0) is 54.8 Å². The number of non-ortho nitro benzene ring substituents is 1. The lowest BCUT2D eigenvalue weighted by atomic mass is 10.1. The van der Waals surface area contributed by atoms with Crippen molar-refractivity contribution in [2.24, 2.45) is 0 Å². The van der Waals surface area contributed by atoms with Gasteiger partial charge in [0, 0.05) is 24.3 Å². The van der Waals surface area contributed by atoms with Crippen LogP contribution in [-0.4, -0.2) is 10.9 Å². The van der Waals surface area contributed by atoms with E-state index < -0.39 is 39.6 Å². The van der Waals surface area contributed by atoms with Crippen LogP contribution >= 0.6 is 0 Å². The van der Waals surface area contributed by atoms with Crippen molar-refractivity contribution in [2.75, 3.05) is 0 Å². The molecule has 11 heteroatoms. The topological polar surface area (TPSA) is 109 Å². The second-order valence-corrected chi connectivity index (χ2v) is 8.22. The molecule has 0 atom stereocenters. The van der Waals surface area contributed by atoms with Crippen LogP contribution in [0.5, 0.6) is 17.2 Å². The maximum atomic E-state index is 13.8. The first-order valence-corrected chi connectivity index (χ1v) is 11.0. The van der Waals surface area contributed by atoms with Crippen molar-refractivity contribution in [3.05, 3.63) is 110 Å². The number of aryl methyl sites for hydroxylation is 2. The molecule has 1 heterocycles. The normalized spacial score (nSPS) is 11.6. The Labute approximate surface area is 212 Å². The Morgan fingerprint density at radius 1 is 1.05 bits per heavy atom. The highest BCUT2D eigenvalue weighted by Crippen LogP contribution is 2.39. The lowest BCUT2D eigenvalue weighted by molar-refractivity contribution is -0.384. The summed E-state index contributed by atoms with van der Waals surface area (Å²) in [5.41, 5.74) is -0.108. The molecule has 0 fully saturated rings. The van der Waals surface area contributed by atoms with Gasteiger partial charge in [0.05, 0.1) is 10.3 Å². The fraction of sp³-hybridized carbons (Fsp3) is 0.111. The molecule has 0 unspecified atom stereocenters. The summed E-state index contributed by atoms with van der Waals surface area (Å²) in [5.74, 6) is -3.67. The molecule has 4 aromatic rings. The lowest BCUT2D eigenvalue weighted by Crippen LogP contribution is -2.16. The minimum absolute atomic E-state index is 0.0724. The quantitative estimate of drug-likeness (QED) is 0.0901. The molecule has 0 saturated carbocycles. The van der Waals surface area contributed by atoms with Gasteiger partial charge < -0.3 is 13.9 Å². The first kappa shape index (κ1) is 26.1. The van der Waals surface area contributed by atoms with Gasteiger partial charge in [0.15, 0.2) is 0 Å². The van der Waals surface area contributed by atoms with Crippen molar-refractivity contribution in [3.63, 3.8) is 0 Å². The summed E-state index contributed by atoms with van der Waals surface area (Å²) in [4.78, 5) is 35.5. The van der Waals surface area contributed by atoms with Crippen LogP contribution < -0.4 is 14.9 Å². The van der Waals surface area contributed by atoms with E-state index >= 15 is 0 Å². The number of ether oxygens (including phenoxy) is 2. The van der Waals surface area contributed by atoms with Gasteiger partial charge in [-0.3, -0.25) is 14.9 Å². The number of hydrogen-bond donors (Lipinski definition) is 0. The zero-order valence-electron chi connectivity index (χ0n) is 19.9. The number of hydrogen-bond acceptors (Lipinski definition) is 7. The number of carbonyl (C=O) groups is 1. The number of nitro groups is 1. The Hall–Kier alpha value is -4.93. The molecule has 194 valence electrons. The summed E-state index contributed by atoms with van der Waals surface area (Å²) in [6.07, 6.45) is -2.80.